The van der Waals surface area contributed by atoms with Gasteiger partial charge in [0.05, 0.1) is 29.5 Å². The molecule has 0 radical (unpaired) electrons. The molecule has 2 heterocycles. The van der Waals surface area contributed by atoms with E-state index >= 15 is 0 Å². The van der Waals surface area contributed by atoms with Gasteiger partial charge in [0, 0.05) is 18.9 Å². The van der Waals surface area contributed by atoms with Gasteiger partial charge in [0.2, 0.25) is 0 Å². The molecule has 0 aliphatic carbocycles. The van der Waals surface area contributed by atoms with Crippen molar-refractivity contribution >= 4 is 11.0 Å². The van der Waals surface area contributed by atoms with Crippen molar-refractivity contribution in [3.8, 4) is 0 Å². The summed E-state index contributed by atoms with van der Waals surface area (Å²) in [5.74, 6) is 0.627. The van der Waals surface area contributed by atoms with Crippen LogP contribution in [0.3, 0.4) is 0 Å². The Balaban J connectivity index is 1.54. The molecule has 2 aromatic heterocycles. The lowest BCUT2D eigenvalue weighted by Crippen LogP contribution is -2.17. The molecule has 0 unspecified atom stereocenters. The molecule has 5 nitrogen and oxygen atoms in total. The van der Waals surface area contributed by atoms with Crippen LogP contribution in [0, 0.1) is 0 Å². The van der Waals surface area contributed by atoms with Crippen LogP contribution in [0.2, 0.25) is 0 Å². The predicted octanol–water partition coefficient (Wildman–Crippen LogP) is 2.96. The first-order valence-electron chi connectivity index (χ1n) is 7.25. The van der Waals surface area contributed by atoms with E-state index in [9.17, 15) is 13.2 Å². The molecule has 0 bridgehead atoms. The number of fused-ring (bicyclic) bond motifs is 1. The van der Waals surface area contributed by atoms with E-state index in [4.69, 9.17) is 0 Å². The Kier molecular flexibility index (Phi) is 4.33. The molecule has 0 aliphatic rings. The zero-order chi connectivity index (χ0) is 16.3. The van der Waals surface area contributed by atoms with E-state index < -0.39 is 11.7 Å². The van der Waals surface area contributed by atoms with Gasteiger partial charge in [-0.25, -0.2) is 9.97 Å². The van der Waals surface area contributed by atoms with Gasteiger partial charge in [-0.05, 0) is 31.2 Å². The number of benzene rings is 1. The molecule has 0 aliphatic heterocycles. The maximum Gasteiger partial charge on any atom is 0.416 e. The quantitative estimate of drug-likeness (QED) is 0.686. The first-order chi connectivity index (χ1) is 11.0. The molecule has 122 valence electrons. The summed E-state index contributed by atoms with van der Waals surface area (Å²) in [6.45, 7) is 2.13. The molecule has 0 saturated carbocycles. The third-order valence-corrected chi connectivity index (χ3v) is 3.48. The topological polar surface area (TPSA) is 58.5 Å². The summed E-state index contributed by atoms with van der Waals surface area (Å²) in [7, 11) is 0. The fourth-order valence-corrected chi connectivity index (χ4v) is 2.33. The second-order valence-electron chi connectivity index (χ2n) is 5.24. The normalized spacial score (nSPS) is 12.1. The summed E-state index contributed by atoms with van der Waals surface area (Å²) in [6, 6.07) is 3.52. The second-order valence-corrected chi connectivity index (χ2v) is 5.24. The summed E-state index contributed by atoms with van der Waals surface area (Å²) in [5.41, 5.74) is 0.261. The van der Waals surface area contributed by atoms with Crippen LogP contribution in [0.25, 0.3) is 11.0 Å². The zero-order valence-corrected chi connectivity index (χ0v) is 12.3. The Morgan fingerprint density at radius 1 is 1.26 bits per heavy atom. The Labute approximate surface area is 130 Å². The van der Waals surface area contributed by atoms with Crippen molar-refractivity contribution in [2.75, 3.05) is 6.54 Å². The van der Waals surface area contributed by atoms with Crippen LogP contribution < -0.4 is 5.32 Å². The minimum atomic E-state index is -4.34. The van der Waals surface area contributed by atoms with Crippen LogP contribution in [0.5, 0.6) is 0 Å². The number of aryl methyl sites for hydroxylation is 1. The number of hydrogen-bond donors (Lipinski definition) is 2. The highest BCUT2D eigenvalue weighted by molar-refractivity contribution is 5.76. The molecule has 0 atom stereocenters. The van der Waals surface area contributed by atoms with Crippen molar-refractivity contribution in [2.24, 2.45) is 0 Å². The summed E-state index contributed by atoms with van der Waals surface area (Å²) >= 11 is 0. The van der Waals surface area contributed by atoms with Crippen LogP contribution in [-0.4, -0.2) is 26.1 Å². The fraction of sp³-hybridized carbons (Fsp3) is 0.333. The molecule has 0 spiro atoms. The van der Waals surface area contributed by atoms with Gasteiger partial charge in [0.1, 0.15) is 5.82 Å². The Morgan fingerprint density at radius 2 is 2.13 bits per heavy atom. The van der Waals surface area contributed by atoms with Gasteiger partial charge in [-0.15, -0.1) is 0 Å². The number of halogens is 3. The highest BCUT2D eigenvalue weighted by Crippen LogP contribution is 2.30. The van der Waals surface area contributed by atoms with E-state index in [2.05, 4.69) is 20.3 Å². The molecule has 1 aromatic carbocycles. The van der Waals surface area contributed by atoms with Crippen LogP contribution in [0.4, 0.5) is 13.2 Å². The third-order valence-electron chi connectivity index (χ3n) is 3.48. The first kappa shape index (κ1) is 15.5. The van der Waals surface area contributed by atoms with E-state index in [1.165, 1.54) is 6.07 Å². The highest BCUT2D eigenvalue weighted by atomic mass is 19.4. The molecule has 2 N–H and O–H groups in total. The van der Waals surface area contributed by atoms with Gasteiger partial charge in [0.15, 0.2) is 0 Å². The van der Waals surface area contributed by atoms with Crippen molar-refractivity contribution < 1.29 is 13.2 Å². The maximum atomic E-state index is 12.7. The van der Waals surface area contributed by atoms with Crippen molar-refractivity contribution in [1.29, 1.82) is 0 Å². The number of hydrogen-bond acceptors (Lipinski definition) is 3. The number of nitrogens with one attached hydrogen (secondary N) is 2. The molecular formula is C15H16F3N5. The SMILES string of the molecule is FC(F)(F)c1ccc2nc(CNCCCn3ccnc3)[nH]c2c1. The maximum absolute atomic E-state index is 12.7. The van der Waals surface area contributed by atoms with Gasteiger partial charge in [-0.3, -0.25) is 0 Å². The van der Waals surface area contributed by atoms with Crippen molar-refractivity contribution in [3.05, 3.63) is 48.3 Å². The Hall–Kier alpha value is -2.35. The van der Waals surface area contributed by atoms with Gasteiger partial charge >= 0.3 is 6.18 Å². The van der Waals surface area contributed by atoms with Gasteiger partial charge in [-0.2, -0.15) is 13.2 Å². The van der Waals surface area contributed by atoms with Crippen LogP contribution in [-0.2, 0) is 19.3 Å². The minimum Gasteiger partial charge on any atom is -0.341 e. The number of rotatable bonds is 6. The average molecular weight is 323 g/mol. The summed E-state index contributed by atoms with van der Waals surface area (Å²) in [5, 5.41) is 3.22. The van der Waals surface area contributed by atoms with E-state index in [0.29, 0.717) is 23.4 Å². The van der Waals surface area contributed by atoms with Crippen molar-refractivity contribution in [2.45, 2.75) is 25.7 Å². The van der Waals surface area contributed by atoms with Crippen LogP contribution >= 0.6 is 0 Å². The Bertz CT molecular complexity index is 761. The van der Waals surface area contributed by atoms with Crippen molar-refractivity contribution in [1.82, 2.24) is 24.8 Å². The van der Waals surface area contributed by atoms with Crippen molar-refractivity contribution in [3.63, 3.8) is 0 Å². The number of imidazole rings is 2. The minimum absolute atomic E-state index is 0.398. The van der Waals surface area contributed by atoms with Crippen LogP contribution in [0.1, 0.15) is 17.8 Å². The molecular weight excluding hydrogens is 307 g/mol. The number of aromatic nitrogens is 4. The standard InChI is InChI=1S/C15H16F3N5/c16-15(17,18)11-2-3-12-13(8-11)22-14(21-12)9-19-4-1-6-23-7-5-20-10-23/h2-3,5,7-8,10,19H,1,4,6,9H2,(H,21,22). The van der Waals surface area contributed by atoms with E-state index in [-0.39, 0.29) is 0 Å². The van der Waals surface area contributed by atoms with Gasteiger partial charge < -0.3 is 14.9 Å². The monoisotopic (exact) mass is 323 g/mol. The second kappa shape index (κ2) is 6.41. The zero-order valence-electron chi connectivity index (χ0n) is 12.3. The highest BCUT2D eigenvalue weighted by Gasteiger charge is 2.30. The van der Waals surface area contributed by atoms with Gasteiger partial charge in [0.25, 0.3) is 0 Å². The van der Waals surface area contributed by atoms with Gasteiger partial charge in [-0.1, -0.05) is 0 Å². The number of aromatic amines is 1. The summed E-state index contributed by atoms with van der Waals surface area (Å²) < 4.78 is 40.0. The molecule has 23 heavy (non-hydrogen) atoms. The molecule has 3 rings (SSSR count). The predicted molar refractivity (Wildman–Crippen MR) is 79.6 cm³/mol. The molecule has 8 heteroatoms. The smallest absolute Gasteiger partial charge is 0.341 e. The molecule has 3 aromatic rings. The summed E-state index contributed by atoms with van der Waals surface area (Å²) in [6.07, 6.45) is 1.98. The van der Waals surface area contributed by atoms with E-state index in [1.54, 1.807) is 12.5 Å². The fourth-order valence-electron chi connectivity index (χ4n) is 2.33. The lowest BCUT2D eigenvalue weighted by atomic mass is 10.2. The first-order valence-corrected chi connectivity index (χ1v) is 7.25. The number of alkyl halides is 3. The summed E-state index contributed by atoms with van der Waals surface area (Å²) in [4.78, 5) is 11.2. The number of nitrogens with zero attached hydrogens (tertiary/aromatic N) is 3. The average Bonchev–Trinajstić information content (AvgIpc) is 3.13. The number of H-pyrrole nitrogens is 1. The third kappa shape index (κ3) is 3.89. The van der Waals surface area contributed by atoms with E-state index in [1.807, 2.05) is 10.8 Å². The lowest BCUT2D eigenvalue weighted by Gasteiger charge is -2.05. The molecule has 0 fully saturated rings. The largest absolute Gasteiger partial charge is 0.416 e. The molecule has 0 amide bonds. The van der Waals surface area contributed by atoms with Crippen LogP contribution in [0.15, 0.2) is 36.9 Å². The Morgan fingerprint density at radius 3 is 2.87 bits per heavy atom. The van der Waals surface area contributed by atoms with E-state index in [0.717, 1.165) is 31.6 Å². The molecule has 0 saturated heterocycles. The lowest BCUT2D eigenvalue weighted by molar-refractivity contribution is -0.137.